The SMILES string of the molecule is Cc1c(NC(=O)c2ccccc2)cnn1-c1ccc(C(=O)O)cc1. The zero-order valence-electron chi connectivity index (χ0n) is 12.9. The van der Waals surface area contributed by atoms with E-state index in [4.69, 9.17) is 5.11 Å². The van der Waals surface area contributed by atoms with Gasteiger partial charge in [-0.05, 0) is 43.3 Å². The highest BCUT2D eigenvalue weighted by atomic mass is 16.4. The number of carboxylic acids is 1. The van der Waals surface area contributed by atoms with Crippen molar-refractivity contribution in [1.29, 1.82) is 0 Å². The number of aromatic carboxylic acids is 1. The van der Waals surface area contributed by atoms with Gasteiger partial charge in [-0.1, -0.05) is 18.2 Å². The van der Waals surface area contributed by atoms with E-state index in [2.05, 4.69) is 10.4 Å². The second kappa shape index (κ2) is 6.37. The van der Waals surface area contributed by atoms with Crippen molar-refractivity contribution in [3.63, 3.8) is 0 Å². The number of aromatic nitrogens is 2. The molecule has 0 spiro atoms. The second-order valence-electron chi connectivity index (χ2n) is 5.23. The number of nitrogens with zero attached hydrogens (tertiary/aromatic N) is 2. The van der Waals surface area contributed by atoms with Crippen molar-refractivity contribution in [2.75, 3.05) is 5.32 Å². The average molecular weight is 321 g/mol. The van der Waals surface area contributed by atoms with Crippen LogP contribution in [-0.4, -0.2) is 26.8 Å². The van der Waals surface area contributed by atoms with Crippen LogP contribution in [0.4, 0.5) is 5.69 Å². The van der Waals surface area contributed by atoms with Gasteiger partial charge < -0.3 is 10.4 Å². The third-order valence-electron chi connectivity index (χ3n) is 3.65. The van der Waals surface area contributed by atoms with Gasteiger partial charge in [-0.3, -0.25) is 4.79 Å². The highest BCUT2D eigenvalue weighted by Gasteiger charge is 2.12. The molecule has 3 aromatic rings. The van der Waals surface area contributed by atoms with Crippen LogP contribution in [0.25, 0.3) is 5.69 Å². The molecule has 2 N–H and O–H groups in total. The third-order valence-corrected chi connectivity index (χ3v) is 3.65. The molecule has 1 aromatic heterocycles. The van der Waals surface area contributed by atoms with Crippen LogP contribution in [0.5, 0.6) is 0 Å². The molecule has 0 bridgehead atoms. The van der Waals surface area contributed by atoms with Crippen LogP contribution in [0.15, 0.2) is 60.8 Å². The van der Waals surface area contributed by atoms with Gasteiger partial charge in [-0.25, -0.2) is 9.48 Å². The van der Waals surface area contributed by atoms with E-state index in [-0.39, 0.29) is 11.5 Å². The van der Waals surface area contributed by atoms with E-state index in [1.54, 1.807) is 47.3 Å². The van der Waals surface area contributed by atoms with Crippen LogP contribution >= 0.6 is 0 Å². The summed E-state index contributed by atoms with van der Waals surface area (Å²) in [6, 6.07) is 15.3. The Morgan fingerprint density at radius 1 is 1.00 bits per heavy atom. The van der Waals surface area contributed by atoms with Crippen molar-refractivity contribution in [2.45, 2.75) is 6.92 Å². The summed E-state index contributed by atoms with van der Waals surface area (Å²) in [5.74, 6) is -1.19. The van der Waals surface area contributed by atoms with Crippen molar-refractivity contribution < 1.29 is 14.7 Å². The number of nitrogens with one attached hydrogen (secondary N) is 1. The molecule has 2 aromatic carbocycles. The molecule has 0 saturated heterocycles. The first kappa shape index (κ1) is 15.5. The Morgan fingerprint density at radius 2 is 1.67 bits per heavy atom. The van der Waals surface area contributed by atoms with E-state index in [0.29, 0.717) is 11.3 Å². The molecule has 6 nitrogen and oxygen atoms in total. The van der Waals surface area contributed by atoms with Gasteiger partial charge in [0.15, 0.2) is 0 Å². The molecule has 0 unspecified atom stereocenters. The molecule has 1 heterocycles. The van der Waals surface area contributed by atoms with Crippen LogP contribution < -0.4 is 5.32 Å². The fourth-order valence-electron chi connectivity index (χ4n) is 2.32. The number of carbonyl (C=O) groups is 2. The monoisotopic (exact) mass is 321 g/mol. The first-order valence-electron chi connectivity index (χ1n) is 7.31. The second-order valence-corrected chi connectivity index (χ2v) is 5.23. The van der Waals surface area contributed by atoms with Gasteiger partial charge in [0.1, 0.15) is 0 Å². The summed E-state index contributed by atoms with van der Waals surface area (Å²) < 4.78 is 1.65. The maximum Gasteiger partial charge on any atom is 0.335 e. The van der Waals surface area contributed by atoms with Gasteiger partial charge in [0.25, 0.3) is 5.91 Å². The predicted molar refractivity (Wildman–Crippen MR) is 89.7 cm³/mol. The summed E-state index contributed by atoms with van der Waals surface area (Å²) in [6.07, 6.45) is 1.57. The molecule has 120 valence electrons. The van der Waals surface area contributed by atoms with E-state index in [1.165, 1.54) is 12.1 Å². The van der Waals surface area contributed by atoms with E-state index >= 15 is 0 Å². The summed E-state index contributed by atoms with van der Waals surface area (Å²) in [5, 5.41) is 16.0. The number of anilines is 1. The Labute approximate surface area is 138 Å². The van der Waals surface area contributed by atoms with Gasteiger partial charge in [0, 0.05) is 5.56 Å². The Hall–Kier alpha value is -3.41. The average Bonchev–Trinajstić information content (AvgIpc) is 2.96. The number of rotatable bonds is 4. The zero-order chi connectivity index (χ0) is 17.1. The third kappa shape index (κ3) is 3.03. The van der Waals surface area contributed by atoms with Crippen molar-refractivity contribution in [2.24, 2.45) is 0 Å². The first-order valence-corrected chi connectivity index (χ1v) is 7.31. The molecule has 6 heteroatoms. The standard InChI is InChI=1S/C18H15N3O3/c1-12-16(20-17(22)13-5-3-2-4-6-13)11-19-21(12)15-9-7-14(8-10-15)18(23)24/h2-11H,1H3,(H,20,22)(H,23,24). The van der Waals surface area contributed by atoms with Crippen molar-refractivity contribution >= 4 is 17.6 Å². The van der Waals surface area contributed by atoms with Gasteiger partial charge in [0.2, 0.25) is 0 Å². The van der Waals surface area contributed by atoms with Crippen LogP contribution in [0.1, 0.15) is 26.4 Å². The molecular weight excluding hydrogens is 306 g/mol. The quantitative estimate of drug-likeness (QED) is 0.773. The molecule has 24 heavy (non-hydrogen) atoms. The van der Waals surface area contributed by atoms with Crippen LogP contribution in [0.3, 0.4) is 0 Å². The number of hydrogen-bond acceptors (Lipinski definition) is 3. The molecule has 3 rings (SSSR count). The van der Waals surface area contributed by atoms with E-state index in [9.17, 15) is 9.59 Å². The molecular formula is C18H15N3O3. The topological polar surface area (TPSA) is 84.2 Å². The van der Waals surface area contributed by atoms with Gasteiger partial charge in [-0.2, -0.15) is 5.10 Å². The molecule has 0 fully saturated rings. The molecule has 0 aliphatic carbocycles. The highest BCUT2D eigenvalue weighted by molar-refractivity contribution is 6.04. The Balaban J connectivity index is 1.83. The summed E-state index contributed by atoms with van der Waals surface area (Å²) in [7, 11) is 0. The number of amides is 1. The Morgan fingerprint density at radius 3 is 2.29 bits per heavy atom. The van der Waals surface area contributed by atoms with E-state index in [0.717, 1.165) is 11.4 Å². The van der Waals surface area contributed by atoms with E-state index < -0.39 is 5.97 Å². The maximum atomic E-state index is 12.2. The lowest BCUT2D eigenvalue weighted by Crippen LogP contribution is -2.12. The fraction of sp³-hybridized carbons (Fsp3) is 0.0556. The smallest absolute Gasteiger partial charge is 0.335 e. The minimum absolute atomic E-state index is 0.209. The maximum absolute atomic E-state index is 12.2. The summed E-state index contributed by atoms with van der Waals surface area (Å²) in [5.41, 5.74) is 2.85. The Bertz CT molecular complexity index is 884. The zero-order valence-corrected chi connectivity index (χ0v) is 12.9. The number of carboxylic acid groups (broad SMARTS) is 1. The molecule has 0 saturated carbocycles. The van der Waals surface area contributed by atoms with Gasteiger partial charge >= 0.3 is 5.97 Å². The number of benzene rings is 2. The lowest BCUT2D eigenvalue weighted by Gasteiger charge is -2.07. The van der Waals surface area contributed by atoms with Crippen molar-refractivity contribution in [1.82, 2.24) is 9.78 Å². The molecule has 0 aliphatic heterocycles. The first-order chi connectivity index (χ1) is 11.6. The summed E-state index contributed by atoms with van der Waals surface area (Å²) in [6.45, 7) is 1.83. The largest absolute Gasteiger partial charge is 0.478 e. The van der Waals surface area contributed by atoms with Crippen LogP contribution in [-0.2, 0) is 0 Å². The molecule has 0 aliphatic rings. The van der Waals surface area contributed by atoms with Crippen molar-refractivity contribution in [3.05, 3.63) is 77.6 Å². The van der Waals surface area contributed by atoms with Gasteiger partial charge in [-0.15, -0.1) is 0 Å². The summed E-state index contributed by atoms with van der Waals surface area (Å²) in [4.78, 5) is 23.1. The van der Waals surface area contributed by atoms with Crippen LogP contribution in [0.2, 0.25) is 0 Å². The molecule has 1 amide bonds. The fourth-order valence-corrected chi connectivity index (χ4v) is 2.32. The van der Waals surface area contributed by atoms with E-state index in [1.807, 2.05) is 13.0 Å². The highest BCUT2D eigenvalue weighted by Crippen LogP contribution is 2.19. The van der Waals surface area contributed by atoms with Gasteiger partial charge in [0.05, 0.1) is 28.8 Å². The Kier molecular flexibility index (Phi) is 4.11. The number of carbonyl (C=O) groups excluding carboxylic acids is 1. The predicted octanol–water partition coefficient (Wildman–Crippen LogP) is 3.13. The lowest BCUT2D eigenvalue weighted by atomic mass is 10.2. The van der Waals surface area contributed by atoms with Crippen LogP contribution in [0, 0.1) is 6.92 Å². The minimum atomic E-state index is -0.977. The normalized spacial score (nSPS) is 10.4. The summed E-state index contributed by atoms with van der Waals surface area (Å²) >= 11 is 0. The lowest BCUT2D eigenvalue weighted by molar-refractivity contribution is 0.0696. The molecule has 0 radical (unpaired) electrons. The van der Waals surface area contributed by atoms with Crippen molar-refractivity contribution in [3.8, 4) is 5.69 Å². The number of hydrogen-bond donors (Lipinski definition) is 2. The minimum Gasteiger partial charge on any atom is -0.478 e. The molecule has 0 atom stereocenters.